The van der Waals surface area contributed by atoms with Crippen molar-refractivity contribution in [2.75, 3.05) is 32.8 Å². The van der Waals surface area contributed by atoms with Crippen LogP contribution >= 0.6 is 0 Å². The SMILES string of the molecule is Cc1cccc(C)c1OCCCC(=O)N1CCN(C(=O)OCc2ccccc2)CC1. The van der Waals surface area contributed by atoms with E-state index in [1.807, 2.05) is 67.3 Å². The molecule has 0 radical (unpaired) electrons. The number of ether oxygens (including phenoxy) is 2. The number of benzene rings is 2. The Hall–Kier alpha value is -3.02. The molecule has 2 amide bonds. The second-order valence-electron chi connectivity index (χ2n) is 7.58. The molecule has 0 bridgehead atoms. The summed E-state index contributed by atoms with van der Waals surface area (Å²) in [5.74, 6) is 1.02. The van der Waals surface area contributed by atoms with Gasteiger partial charge < -0.3 is 19.3 Å². The van der Waals surface area contributed by atoms with E-state index in [-0.39, 0.29) is 18.6 Å². The van der Waals surface area contributed by atoms with E-state index in [0.717, 1.165) is 22.4 Å². The molecule has 1 saturated heterocycles. The quantitative estimate of drug-likeness (QED) is 0.649. The van der Waals surface area contributed by atoms with E-state index >= 15 is 0 Å². The number of rotatable bonds is 7. The first kappa shape index (κ1) is 21.7. The maximum absolute atomic E-state index is 12.5. The molecule has 2 aromatic rings. The molecule has 6 nitrogen and oxygen atoms in total. The van der Waals surface area contributed by atoms with E-state index in [0.29, 0.717) is 45.6 Å². The Morgan fingerprint density at radius 1 is 0.867 bits per heavy atom. The molecule has 1 heterocycles. The zero-order valence-electron chi connectivity index (χ0n) is 17.8. The van der Waals surface area contributed by atoms with Crippen molar-refractivity contribution < 1.29 is 19.1 Å². The topological polar surface area (TPSA) is 59.1 Å². The van der Waals surface area contributed by atoms with Crippen LogP contribution in [0.2, 0.25) is 0 Å². The highest BCUT2D eigenvalue weighted by Gasteiger charge is 2.24. The van der Waals surface area contributed by atoms with Gasteiger partial charge in [0.25, 0.3) is 0 Å². The monoisotopic (exact) mass is 410 g/mol. The molecule has 0 aromatic heterocycles. The second kappa shape index (κ2) is 10.7. The molecule has 160 valence electrons. The van der Waals surface area contributed by atoms with Crippen molar-refractivity contribution in [2.45, 2.75) is 33.3 Å². The zero-order valence-corrected chi connectivity index (χ0v) is 17.8. The van der Waals surface area contributed by atoms with Crippen molar-refractivity contribution in [2.24, 2.45) is 0 Å². The normalized spacial score (nSPS) is 13.8. The molecule has 1 aliphatic heterocycles. The largest absolute Gasteiger partial charge is 0.493 e. The summed E-state index contributed by atoms with van der Waals surface area (Å²) >= 11 is 0. The Kier molecular flexibility index (Phi) is 7.71. The lowest BCUT2D eigenvalue weighted by atomic mass is 10.1. The van der Waals surface area contributed by atoms with E-state index < -0.39 is 0 Å². The van der Waals surface area contributed by atoms with E-state index in [1.165, 1.54) is 0 Å². The highest BCUT2D eigenvalue weighted by atomic mass is 16.6. The Morgan fingerprint density at radius 3 is 2.17 bits per heavy atom. The molecule has 0 spiro atoms. The lowest BCUT2D eigenvalue weighted by Gasteiger charge is -2.34. The summed E-state index contributed by atoms with van der Waals surface area (Å²) in [6.07, 6.45) is 0.794. The summed E-state index contributed by atoms with van der Waals surface area (Å²) in [5, 5.41) is 0. The van der Waals surface area contributed by atoms with Gasteiger partial charge in [-0.3, -0.25) is 4.79 Å². The van der Waals surface area contributed by atoms with Crippen LogP contribution in [0.5, 0.6) is 5.75 Å². The minimum Gasteiger partial charge on any atom is -0.493 e. The number of carbonyl (C=O) groups is 2. The molecule has 0 saturated carbocycles. The molecule has 0 unspecified atom stereocenters. The molecule has 0 N–H and O–H groups in total. The Labute approximate surface area is 178 Å². The van der Waals surface area contributed by atoms with E-state index in [2.05, 4.69) is 0 Å². The molecule has 6 heteroatoms. The molecular formula is C24H30N2O4. The van der Waals surface area contributed by atoms with Gasteiger partial charge in [0.2, 0.25) is 5.91 Å². The fraction of sp³-hybridized carbons (Fsp3) is 0.417. The predicted octanol–water partition coefficient (Wildman–Crippen LogP) is 3.94. The van der Waals surface area contributed by atoms with Crippen LogP contribution in [-0.2, 0) is 16.1 Å². The molecule has 0 aliphatic carbocycles. The van der Waals surface area contributed by atoms with Crippen molar-refractivity contribution in [3.63, 3.8) is 0 Å². The maximum Gasteiger partial charge on any atom is 0.410 e. The number of carbonyl (C=O) groups excluding carboxylic acids is 2. The van der Waals surface area contributed by atoms with Gasteiger partial charge in [-0.2, -0.15) is 0 Å². The van der Waals surface area contributed by atoms with Crippen LogP contribution in [0, 0.1) is 13.8 Å². The van der Waals surface area contributed by atoms with Gasteiger partial charge >= 0.3 is 6.09 Å². The van der Waals surface area contributed by atoms with Crippen LogP contribution < -0.4 is 4.74 Å². The van der Waals surface area contributed by atoms with Crippen LogP contribution in [-0.4, -0.2) is 54.6 Å². The van der Waals surface area contributed by atoms with E-state index in [9.17, 15) is 9.59 Å². The fourth-order valence-electron chi connectivity index (χ4n) is 3.53. The van der Waals surface area contributed by atoms with Crippen LogP contribution in [0.15, 0.2) is 48.5 Å². The number of hydrogen-bond donors (Lipinski definition) is 0. The molecule has 1 aliphatic rings. The van der Waals surface area contributed by atoms with Gasteiger partial charge in [-0.05, 0) is 37.0 Å². The number of nitrogens with zero attached hydrogens (tertiary/aromatic N) is 2. The lowest BCUT2D eigenvalue weighted by Crippen LogP contribution is -2.50. The molecule has 2 aromatic carbocycles. The number of aryl methyl sites for hydroxylation is 2. The van der Waals surface area contributed by atoms with Gasteiger partial charge in [0.1, 0.15) is 12.4 Å². The van der Waals surface area contributed by atoms with Crippen molar-refractivity contribution in [3.05, 3.63) is 65.2 Å². The molecule has 0 atom stereocenters. The standard InChI is InChI=1S/C24H30N2O4/c1-19-8-6-9-20(2)23(19)29-17-7-12-22(27)25-13-15-26(16-14-25)24(28)30-18-21-10-4-3-5-11-21/h3-6,8-11H,7,12-18H2,1-2H3. The molecular weight excluding hydrogens is 380 g/mol. The Bertz CT molecular complexity index is 825. The average Bonchev–Trinajstić information content (AvgIpc) is 2.77. The highest BCUT2D eigenvalue weighted by Crippen LogP contribution is 2.22. The van der Waals surface area contributed by atoms with Gasteiger partial charge in [0.05, 0.1) is 6.61 Å². The Balaban J connectivity index is 1.34. The average molecular weight is 411 g/mol. The first-order valence-electron chi connectivity index (χ1n) is 10.5. The fourth-order valence-corrected chi connectivity index (χ4v) is 3.53. The van der Waals surface area contributed by atoms with E-state index in [1.54, 1.807) is 4.90 Å². The number of piperazine rings is 1. The van der Waals surface area contributed by atoms with Gasteiger partial charge in [0, 0.05) is 32.6 Å². The third-order valence-electron chi connectivity index (χ3n) is 5.29. The number of hydrogen-bond acceptors (Lipinski definition) is 4. The summed E-state index contributed by atoms with van der Waals surface area (Å²) in [4.78, 5) is 28.2. The first-order valence-corrected chi connectivity index (χ1v) is 10.5. The van der Waals surface area contributed by atoms with Crippen molar-refractivity contribution in [1.29, 1.82) is 0 Å². The van der Waals surface area contributed by atoms with Gasteiger partial charge in [0.15, 0.2) is 0 Å². The van der Waals surface area contributed by atoms with Crippen LogP contribution in [0.25, 0.3) is 0 Å². The summed E-state index contributed by atoms with van der Waals surface area (Å²) in [6, 6.07) is 15.7. The molecule has 1 fully saturated rings. The second-order valence-corrected chi connectivity index (χ2v) is 7.58. The highest BCUT2D eigenvalue weighted by molar-refractivity contribution is 5.76. The summed E-state index contributed by atoms with van der Waals surface area (Å²) in [5.41, 5.74) is 3.18. The minimum atomic E-state index is -0.326. The van der Waals surface area contributed by atoms with Gasteiger partial charge in [-0.1, -0.05) is 48.5 Å². The van der Waals surface area contributed by atoms with Crippen molar-refractivity contribution in [3.8, 4) is 5.75 Å². The van der Waals surface area contributed by atoms with Gasteiger partial charge in [-0.15, -0.1) is 0 Å². The third kappa shape index (κ3) is 5.99. The van der Waals surface area contributed by atoms with Gasteiger partial charge in [-0.25, -0.2) is 4.79 Å². The van der Waals surface area contributed by atoms with Crippen LogP contribution in [0.4, 0.5) is 4.79 Å². The first-order chi connectivity index (χ1) is 14.5. The van der Waals surface area contributed by atoms with Crippen molar-refractivity contribution in [1.82, 2.24) is 9.80 Å². The van der Waals surface area contributed by atoms with E-state index in [4.69, 9.17) is 9.47 Å². The summed E-state index contributed by atoms with van der Waals surface area (Å²) in [6.45, 7) is 6.91. The third-order valence-corrected chi connectivity index (χ3v) is 5.29. The molecule has 3 rings (SSSR count). The Morgan fingerprint density at radius 2 is 1.50 bits per heavy atom. The zero-order chi connectivity index (χ0) is 21.3. The van der Waals surface area contributed by atoms with Crippen LogP contribution in [0.3, 0.4) is 0 Å². The predicted molar refractivity (Wildman–Crippen MR) is 115 cm³/mol. The smallest absolute Gasteiger partial charge is 0.410 e. The summed E-state index contributed by atoms with van der Waals surface area (Å²) in [7, 11) is 0. The number of para-hydroxylation sites is 1. The van der Waals surface area contributed by atoms with Crippen LogP contribution in [0.1, 0.15) is 29.5 Å². The maximum atomic E-state index is 12.5. The summed E-state index contributed by atoms with van der Waals surface area (Å²) < 4.78 is 11.2. The minimum absolute atomic E-state index is 0.109. The number of amides is 2. The lowest BCUT2D eigenvalue weighted by molar-refractivity contribution is -0.133. The molecule has 30 heavy (non-hydrogen) atoms. The van der Waals surface area contributed by atoms with Crippen molar-refractivity contribution >= 4 is 12.0 Å².